The summed E-state index contributed by atoms with van der Waals surface area (Å²) in [6, 6.07) is 7.67. The van der Waals surface area contributed by atoms with Crippen LogP contribution in [0.1, 0.15) is 47.9 Å². The number of carbonyl (C=O) groups excluding carboxylic acids is 1. The minimum absolute atomic E-state index is 0.0429. The van der Waals surface area contributed by atoms with E-state index in [9.17, 15) is 4.79 Å². The number of Topliss-reactive ketones (excluding diaryl/α,β-unsaturated/α-hetero) is 1. The van der Waals surface area contributed by atoms with Gasteiger partial charge in [0.2, 0.25) is 0 Å². The molecule has 0 fully saturated rings. The Kier molecular flexibility index (Phi) is 4.61. The average Bonchev–Trinajstić information content (AvgIpc) is 2.89. The highest BCUT2D eigenvalue weighted by atomic mass is 35.5. The predicted molar refractivity (Wildman–Crippen MR) is 81.5 cm³/mol. The number of benzene rings is 1. The molecule has 1 unspecified atom stereocenters. The Balaban J connectivity index is 2.11. The van der Waals surface area contributed by atoms with Crippen molar-refractivity contribution in [1.82, 2.24) is 9.78 Å². The molecule has 0 N–H and O–H groups in total. The number of hydrogen-bond donors (Lipinski definition) is 0. The van der Waals surface area contributed by atoms with E-state index in [0.29, 0.717) is 23.0 Å². The first kappa shape index (κ1) is 14.8. The minimum atomic E-state index is 0.0429. The van der Waals surface area contributed by atoms with Gasteiger partial charge in [0.25, 0.3) is 0 Å². The third-order valence-electron chi connectivity index (χ3n) is 3.54. The first-order valence-electron chi connectivity index (χ1n) is 6.84. The second kappa shape index (κ2) is 6.23. The van der Waals surface area contributed by atoms with Gasteiger partial charge in [-0.25, -0.2) is 0 Å². The fraction of sp³-hybridized carbons (Fsp3) is 0.375. The second-order valence-corrected chi connectivity index (χ2v) is 5.52. The number of aryl methyl sites for hydroxylation is 1. The Hall–Kier alpha value is -1.61. The van der Waals surface area contributed by atoms with E-state index in [0.717, 1.165) is 17.7 Å². The standard InChI is InChI=1S/C16H19ClN2O/c1-4-12(3)19-8-7-14(18-19)10-16(20)13-6-5-11(2)15(17)9-13/h5-9,12H,4,10H2,1-3H3. The summed E-state index contributed by atoms with van der Waals surface area (Å²) in [7, 11) is 0. The Bertz CT molecular complexity index is 619. The fourth-order valence-corrected chi connectivity index (χ4v) is 2.12. The summed E-state index contributed by atoms with van der Waals surface area (Å²) in [6.07, 6.45) is 3.25. The molecule has 0 spiro atoms. The number of hydrogen-bond acceptors (Lipinski definition) is 2. The van der Waals surface area contributed by atoms with Crippen LogP contribution in [0.25, 0.3) is 0 Å². The number of rotatable bonds is 5. The molecule has 0 aliphatic carbocycles. The lowest BCUT2D eigenvalue weighted by atomic mass is 10.1. The van der Waals surface area contributed by atoms with Crippen molar-refractivity contribution in [3.8, 4) is 0 Å². The summed E-state index contributed by atoms with van der Waals surface area (Å²) in [5, 5.41) is 5.08. The van der Waals surface area contributed by atoms with Crippen molar-refractivity contribution in [2.45, 2.75) is 39.7 Å². The molecule has 1 heterocycles. The quantitative estimate of drug-likeness (QED) is 0.772. The van der Waals surface area contributed by atoms with Crippen LogP contribution in [0.3, 0.4) is 0 Å². The van der Waals surface area contributed by atoms with E-state index in [1.54, 1.807) is 6.07 Å². The Morgan fingerprint density at radius 1 is 1.40 bits per heavy atom. The number of ketones is 1. The van der Waals surface area contributed by atoms with Crippen LogP contribution in [-0.2, 0) is 6.42 Å². The fourth-order valence-electron chi connectivity index (χ4n) is 1.94. The normalized spacial score (nSPS) is 12.4. The van der Waals surface area contributed by atoms with Crippen LogP contribution in [0.15, 0.2) is 30.5 Å². The molecule has 0 radical (unpaired) electrons. The van der Waals surface area contributed by atoms with Gasteiger partial charge in [0.15, 0.2) is 5.78 Å². The molecule has 0 bridgehead atoms. The van der Waals surface area contributed by atoms with Gasteiger partial charge in [0.05, 0.1) is 12.1 Å². The molecule has 2 aromatic rings. The number of carbonyl (C=O) groups is 1. The summed E-state index contributed by atoms with van der Waals surface area (Å²) in [5.74, 6) is 0.0429. The van der Waals surface area contributed by atoms with Crippen molar-refractivity contribution in [3.05, 3.63) is 52.3 Å². The molecular formula is C16H19ClN2O. The van der Waals surface area contributed by atoms with E-state index in [1.807, 2.05) is 36.0 Å². The summed E-state index contributed by atoms with van der Waals surface area (Å²) in [5.41, 5.74) is 2.41. The maximum absolute atomic E-state index is 12.2. The molecule has 3 nitrogen and oxygen atoms in total. The van der Waals surface area contributed by atoms with Crippen LogP contribution < -0.4 is 0 Å². The van der Waals surface area contributed by atoms with Gasteiger partial charge in [0, 0.05) is 22.8 Å². The van der Waals surface area contributed by atoms with Gasteiger partial charge in [-0.15, -0.1) is 0 Å². The van der Waals surface area contributed by atoms with Gasteiger partial charge in [-0.3, -0.25) is 9.48 Å². The molecule has 20 heavy (non-hydrogen) atoms. The van der Waals surface area contributed by atoms with Crippen LogP contribution >= 0.6 is 11.6 Å². The van der Waals surface area contributed by atoms with Crippen LogP contribution in [0.4, 0.5) is 0 Å². The lowest BCUT2D eigenvalue weighted by molar-refractivity contribution is 0.0991. The maximum atomic E-state index is 12.2. The summed E-state index contributed by atoms with van der Waals surface area (Å²) in [6.45, 7) is 6.15. The van der Waals surface area contributed by atoms with Gasteiger partial charge in [-0.1, -0.05) is 30.7 Å². The zero-order valence-electron chi connectivity index (χ0n) is 12.1. The lowest BCUT2D eigenvalue weighted by Gasteiger charge is -2.08. The van der Waals surface area contributed by atoms with Crippen LogP contribution in [0.2, 0.25) is 5.02 Å². The lowest BCUT2D eigenvalue weighted by Crippen LogP contribution is -2.08. The van der Waals surface area contributed by atoms with Crippen LogP contribution in [-0.4, -0.2) is 15.6 Å². The summed E-state index contributed by atoms with van der Waals surface area (Å²) >= 11 is 6.05. The Morgan fingerprint density at radius 3 is 2.80 bits per heavy atom. The zero-order valence-corrected chi connectivity index (χ0v) is 12.8. The SMILES string of the molecule is CCC(C)n1ccc(CC(=O)c2ccc(C)c(Cl)c2)n1. The highest BCUT2D eigenvalue weighted by Gasteiger charge is 2.11. The molecule has 0 aliphatic heterocycles. The zero-order chi connectivity index (χ0) is 14.7. The molecule has 2 rings (SSSR count). The van der Waals surface area contributed by atoms with Gasteiger partial charge >= 0.3 is 0 Å². The second-order valence-electron chi connectivity index (χ2n) is 5.11. The molecular weight excluding hydrogens is 272 g/mol. The maximum Gasteiger partial charge on any atom is 0.168 e. The van der Waals surface area contributed by atoms with E-state index in [4.69, 9.17) is 11.6 Å². The van der Waals surface area contributed by atoms with E-state index in [-0.39, 0.29) is 5.78 Å². The van der Waals surface area contributed by atoms with Crippen molar-refractivity contribution in [2.75, 3.05) is 0 Å². The van der Waals surface area contributed by atoms with Gasteiger partial charge in [0.1, 0.15) is 0 Å². The topological polar surface area (TPSA) is 34.9 Å². The molecule has 0 saturated carbocycles. The minimum Gasteiger partial charge on any atom is -0.294 e. The third kappa shape index (κ3) is 3.28. The molecule has 1 aromatic carbocycles. The Labute approximate surface area is 124 Å². The third-order valence-corrected chi connectivity index (χ3v) is 3.95. The van der Waals surface area contributed by atoms with Crippen molar-refractivity contribution < 1.29 is 4.79 Å². The first-order valence-corrected chi connectivity index (χ1v) is 7.22. The van der Waals surface area contributed by atoms with E-state index in [1.165, 1.54) is 0 Å². The van der Waals surface area contributed by atoms with E-state index in [2.05, 4.69) is 18.9 Å². The predicted octanol–water partition coefficient (Wildman–Crippen LogP) is 4.24. The Morgan fingerprint density at radius 2 is 2.15 bits per heavy atom. The first-order chi connectivity index (χ1) is 9.51. The number of aromatic nitrogens is 2. The number of nitrogens with zero attached hydrogens (tertiary/aromatic N) is 2. The molecule has 0 amide bonds. The highest BCUT2D eigenvalue weighted by Crippen LogP contribution is 2.18. The smallest absolute Gasteiger partial charge is 0.168 e. The van der Waals surface area contributed by atoms with Gasteiger partial charge < -0.3 is 0 Å². The average molecular weight is 291 g/mol. The molecule has 0 aliphatic rings. The van der Waals surface area contributed by atoms with Crippen molar-refractivity contribution in [1.29, 1.82) is 0 Å². The summed E-state index contributed by atoms with van der Waals surface area (Å²) < 4.78 is 1.91. The molecule has 1 atom stereocenters. The van der Waals surface area contributed by atoms with E-state index >= 15 is 0 Å². The van der Waals surface area contributed by atoms with Crippen LogP contribution in [0, 0.1) is 6.92 Å². The van der Waals surface area contributed by atoms with Gasteiger partial charge in [-0.2, -0.15) is 5.10 Å². The molecule has 4 heteroatoms. The number of halogens is 1. The summed E-state index contributed by atoms with van der Waals surface area (Å²) in [4.78, 5) is 12.2. The largest absolute Gasteiger partial charge is 0.294 e. The molecule has 0 saturated heterocycles. The van der Waals surface area contributed by atoms with E-state index < -0.39 is 0 Å². The van der Waals surface area contributed by atoms with Crippen molar-refractivity contribution >= 4 is 17.4 Å². The van der Waals surface area contributed by atoms with Gasteiger partial charge in [-0.05, 0) is 38.0 Å². The van der Waals surface area contributed by atoms with Crippen molar-refractivity contribution in [3.63, 3.8) is 0 Å². The monoisotopic (exact) mass is 290 g/mol. The molecule has 106 valence electrons. The van der Waals surface area contributed by atoms with Crippen molar-refractivity contribution in [2.24, 2.45) is 0 Å². The molecule has 1 aromatic heterocycles. The van der Waals surface area contributed by atoms with Crippen LogP contribution in [0.5, 0.6) is 0 Å². The highest BCUT2D eigenvalue weighted by molar-refractivity contribution is 6.31.